The van der Waals surface area contributed by atoms with Crippen LogP contribution < -0.4 is 5.32 Å². The first-order valence-corrected chi connectivity index (χ1v) is 10.2. The van der Waals surface area contributed by atoms with Gasteiger partial charge < -0.3 is 10.1 Å². The summed E-state index contributed by atoms with van der Waals surface area (Å²) in [5.41, 5.74) is 0.990. The Bertz CT molecular complexity index is 737. The van der Waals surface area contributed by atoms with Crippen molar-refractivity contribution in [2.24, 2.45) is 0 Å². The quantitative estimate of drug-likeness (QED) is 0.708. The van der Waals surface area contributed by atoms with E-state index >= 15 is 0 Å². The monoisotopic (exact) mass is 408 g/mol. The Morgan fingerprint density at radius 3 is 2.48 bits per heavy atom. The number of nitrogens with one attached hydrogen (secondary N) is 1. The largest absolute Gasteiger partial charge is 0.379 e. The summed E-state index contributed by atoms with van der Waals surface area (Å²) in [5.74, 6) is 0.0409. The van der Waals surface area contributed by atoms with Gasteiger partial charge in [-0.3, -0.25) is 9.69 Å². The summed E-state index contributed by atoms with van der Waals surface area (Å²) in [6.45, 7) is 3.39. The van der Waals surface area contributed by atoms with Crippen LogP contribution in [0.15, 0.2) is 53.4 Å². The molecule has 1 amide bonds. The molecule has 0 bridgehead atoms. The van der Waals surface area contributed by atoms with Crippen LogP contribution in [0.5, 0.6) is 0 Å². The second kappa shape index (κ2) is 10.1. The molecule has 1 saturated heterocycles. The lowest BCUT2D eigenvalue weighted by Gasteiger charge is -2.35. The topological polar surface area (TPSA) is 41.6 Å². The van der Waals surface area contributed by atoms with E-state index in [1.807, 2.05) is 24.3 Å². The fourth-order valence-electron chi connectivity index (χ4n) is 2.97. The summed E-state index contributed by atoms with van der Waals surface area (Å²) >= 11 is 7.34. The van der Waals surface area contributed by atoms with E-state index in [1.54, 1.807) is 12.1 Å². The van der Waals surface area contributed by atoms with Gasteiger partial charge in [0.15, 0.2) is 0 Å². The van der Waals surface area contributed by atoms with Crippen molar-refractivity contribution in [3.63, 3.8) is 0 Å². The van der Waals surface area contributed by atoms with Gasteiger partial charge in [-0.2, -0.15) is 0 Å². The van der Waals surface area contributed by atoms with Gasteiger partial charge >= 0.3 is 0 Å². The molecular weight excluding hydrogens is 387 g/mol. The first-order valence-electron chi connectivity index (χ1n) is 8.84. The molecule has 1 heterocycles. The average Bonchev–Trinajstić information content (AvgIpc) is 2.70. The van der Waals surface area contributed by atoms with Crippen LogP contribution in [0.4, 0.5) is 4.39 Å². The number of ether oxygens (including phenoxy) is 1. The second-order valence-corrected chi connectivity index (χ2v) is 7.75. The van der Waals surface area contributed by atoms with Gasteiger partial charge in [0.1, 0.15) is 5.82 Å². The Morgan fingerprint density at radius 2 is 1.81 bits per heavy atom. The van der Waals surface area contributed by atoms with Crippen molar-refractivity contribution in [3.8, 4) is 0 Å². The zero-order valence-corrected chi connectivity index (χ0v) is 16.4. The van der Waals surface area contributed by atoms with Crippen molar-refractivity contribution in [3.05, 3.63) is 64.9 Å². The van der Waals surface area contributed by atoms with Crippen LogP contribution in [0.25, 0.3) is 0 Å². The molecule has 1 fully saturated rings. The summed E-state index contributed by atoms with van der Waals surface area (Å²) in [7, 11) is 0. The van der Waals surface area contributed by atoms with Crippen molar-refractivity contribution in [2.75, 3.05) is 38.6 Å². The zero-order valence-electron chi connectivity index (χ0n) is 14.9. The van der Waals surface area contributed by atoms with Gasteiger partial charge in [0.05, 0.1) is 25.0 Å². The van der Waals surface area contributed by atoms with Crippen LogP contribution in [0.3, 0.4) is 0 Å². The highest BCUT2D eigenvalue weighted by atomic mass is 35.5. The highest BCUT2D eigenvalue weighted by Gasteiger charge is 2.23. The maximum atomic E-state index is 13.3. The molecule has 1 aliphatic heterocycles. The summed E-state index contributed by atoms with van der Waals surface area (Å²) in [6.07, 6.45) is 0. The molecule has 0 spiro atoms. The van der Waals surface area contributed by atoms with Gasteiger partial charge in [-0.15, -0.1) is 11.8 Å². The van der Waals surface area contributed by atoms with E-state index in [1.165, 1.54) is 23.9 Å². The predicted octanol–water partition coefficient (Wildman–Crippen LogP) is 3.76. The van der Waals surface area contributed by atoms with Crippen LogP contribution in [-0.2, 0) is 9.53 Å². The molecule has 0 saturated carbocycles. The van der Waals surface area contributed by atoms with E-state index < -0.39 is 0 Å². The first kappa shape index (κ1) is 20.1. The number of rotatable bonds is 7. The number of thioether (sulfide) groups is 1. The van der Waals surface area contributed by atoms with Crippen LogP contribution in [-0.4, -0.2) is 49.4 Å². The molecule has 2 aromatic carbocycles. The molecule has 1 N–H and O–H groups in total. The van der Waals surface area contributed by atoms with E-state index in [-0.39, 0.29) is 17.8 Å². The molecule has 144 valence electrons. The Balaban J connectivity index is 1.57. The van der Waals surface area contributed by atoms with Crippen molar-refractivity contribution < 1.29 is 13.9 Å². The number of nitrogens with zero attached hydrogens (tertiary/aromatic N) is 1. The van der Waals surface area contributed by atoms with Crippen molar-refractivity contribution in [1.82, 2.24) is 10.2 Å². The average molecular weight is 409 g/mol. The molecule has 27 heavy (non-hydrogen) atoms. The smallest absolute Gasteiger partial charge is 0.230 e. The highest BCUT2D eigenvalue weighted by molar-refractivity contribution is 8.00. The predicted molar refractivity (Wildman–Crippen MR) is 107 cm³/mol. The van der Waals surface area contributed by atoms with Gasteiger partial charge in [0.25, 0.3) is 0 Å². The summed E-state index contributed by atoms with van der Waals surface area (Å²) < 4.78 is 18.7. The molecule has 0 radical (unpaired) electrons. The zero-order chi connectivity index (χ0) is 19.1. The lowest BCUT2D eigenvalue weighted by molar-refractivity contribution is -0.118. The van der Waals surface area contributed by atoms with E-state index in [4.69, 9.17) is 16.3 Å². The third-order valence-electron chi connectivity index (χ3n) is 4.42. The standard InChI is InChI=1S/C20H22ClFN2O2S/c21-16-3-7-18(8-4-16)27-14-20(25)23-13-19(24-9-11-26-12-10-24)15-1-5-17(22)6-2-15/h1-8,19H,9-14H2,(H,23,25). The molecule has 3 rings (SSSR count). The Hall–Kier alpha value is -1.60. The molecule has 7 heteroatoms. The summed E-state index contributed by atoms with van der Waals surface area (Å²) in [5, 5.41) is 3.69. The fourth-order valence-corrected chi connectivity index (χ4v) is 3.83. The molecule has 1 aliphatic rings. The van der Waals surface area contributed by atoms with Crippen LogP contribution in [0, 0.1) is 5.82 Å². The SMILES string of the molecule is O=C(CSc1ccc(Cl)cc1)NCC(c1ccc(F)cc1)N1CCOCC1. The van der Waals surface area contributed by atoms with Gasteiger partial charge in [0, 0.05) is 29.6 Å². The third kappa shape index (κ3) is 6.21. The molecule has 1 atom stereocenters. The number of hydrogen-bond donors (Lipinski definition) is 1. The van der Waals surface area contributed by atoms with Crippen molar-refractivity contribution in [1.29, 1.82) is 0 Å². The molecule has 1 unspecified atom stereocenters. The number of benzene rings is 2. The Morgan fingerprint density at radius 1 is 1.15 bits per heavy atom. The van der Waals surface area contributed by atoms with Gasteiger partial charge in [-0.25, -0.2) is 4.39 Å². The van der Waals surface area contributed by atoms with Crippen molar-refractivity contribution >= 4 is 29.3 Å². The molecular formula is C20H22ClFN2O2S. The Kier molecular flexibility index (Phi) is 7.52. The first-order chi connectivity index (χ1) is 13.1. The minimum atomic E-state index is -0.261. The minimum absolute atomic E-state index is 0.000943. The van der Waals surface area contributed by atoms with E-state index in [0.717, 1.165) is 23.5 Å². The van der Waals surface area contributed by atoms with Crippen LogP contribution >= 0.6 is 23.4 Å². The van der Waals surface area contributed by atoms with Gasteiger partial charge in [-0.1, -0.05) is 23.7 Å². The normalized spacial score (nSPS) is 16.1. The maximum absolute atomic E-state index is 13.3. The number of morpholine rings is 1. The fraction of sp³-hybridized carbons (Fsp3) is 0.350. The number of carbonyl (C=O) groups is 1. The Labute approximate surface area is 168 Å². The number of hydrogen-bond acceptors (Lipinski definition) is 4. The molecule has 2 aromatic rings. The summed E-state index contributed by atoms with van der Waals surface area (Å²) in [4.78, 5) is 15.6. The molecule has 4 nitrogen and oxygen atoms in total. The van der Waals surface area contributed by atoms with Crippen LogP contribution in [0.1, 0.15) is 11.6 Å². The van der Waals surface area contributed by atoms with Crippen molar-refractivity contribution in [2.45, 2.75) is 10.9 Å². The number of halogens is 2. The van der Waals surface area contributed by atoms with E-state index in [9.17, 15) is 9.18 Å². The summed E-state index contributed by atoms with van der Waals surface area (Å²) in [6, 6.07) is 13.9. The van der Waals surface area contributed by atoms with Gasteiger partial charge in [0.2, 0.25) is 5.91 Å². The maximum Gasteiger partial charge on any atom is 0.230 e. The highest BCUT2D eigenvalue weighted by Crippen LogP contribution is 2.23. The van der Waals surface area contributed by atoms with E-state index in [0.29, 0.717) is 30.5 Å². The molecule has 0 aromatic heterocycles. The number of amides is 1. The lowest BCUT2D eigenvalue weighted by atomic mass is 10.0. The minimum Gasteiger partial charge on any atom is -0.379 e. The van der Waals surface area contributed by atoms with Gasteiger partial charge in [-0.05, 0) is 42.0 Å². The second-order valence-electron chi connectivity index (χ2n) is 6.26. The van der Waals surface area contributed by atoms with Crippen LogP contribution in [0.2, 0.25) is 5.02 Å². The third-order valence-corrected chi connectivity index (χ3v) is 5.68. The lowest BCUT2D eigenvalue weighted by Crippen LogP contribution is -2.44. The van der Waals surface area contributed by atoms with E-state index in [2.05, 4.69) is 10.2 Å². The number of carbonyl (C=O) groups excluding carboxylic acids is 1. The molecule has 0 aliphatic carbocycles.